The van der Waals surface area contributed by atoms with Crippen molar-refractivity contribution in [2.75, 3.05) is 0 Å². The van der Waals surface area contributed by atoms with Crippen molar-refractivity contribution in [2.45, 2.75) is 6.61 Å². The highest BCUT2D eigenvalue weighted by Gasteiger charge is 2.12. The summed E-state index contributed by atoms with van der Waals surface area (Å²) in [6.07, 6.45) is 4.54. The van der Waals surface area contributed by atoms with E-state index in [1.54, 1.807) is 0 Å². The second-order valence-corrected chi connectivity index (χ2v) is 3.29. The molecule has 92 valence electrons. The molecule has 1 N–H and O–H groups in total. The number of hydrogen-bond donors (Lipinski definition) is 1. The summed E-state index contributed by atoms with van der Waals surface area (Å²) in [6.45, 7) is -2.91. The molecule has 3 aromatic heterocycles. The average Bonchev–Trinajstić information content (AvgIpc) is 2.94. The van der Waals surface area contributed by atoms with Gasteiger partial charge in [0, 0.05) is 18.5 Å². The van der Waals surface area contributed by atoms with Gasteiger partial charge in [0.1, 0.15) is 5.52 Å². The molecule has 0 atom stereocenters. The molecule has 9 heteroatoms. The number of nitrogens with zero attached hydrogens (tertiary/aromatic N) is 5. The number of alkyl halides is 2. The lowest BCUT2D eigenvalue weighted by Gasteiger charge is -1.98. The fourth-order valence-corrected chi connectivity index (χ4v) is 1.49. The van der Waals surface area contributed by atoms with E-state index in [4.69, 9.17) is 0 Å². The van der Waals surface area contributed by atoms with Gasteiger partial charge in [-0.05, 0) is 0 Å². The topological polar surface area (TPSA) is 81.5 Å². The van der Waals surface area contributed by atoms with Crippen molar-refractivity contribution in [2.24, 2.45) is 0 Å². The minimum Gasteiger partial charge on any atom is -0.417 e. The van der Waals surface area contributed by atoms with Gasteiger partial charge in [-0.1, -0.05) is 0 Å². The Kier molecular flexibility index (Phi) is 2.36. The van der Waals surface area contributed by atoms with Crippen LogP contribution in [0.15, 0.2) is 24.7 Å². The van der Waals surface area contributed by atoms with Gasteiger partial charge in [-0.25, -0.2) is 15.1 Å². The maximum Gasteiger partial charge on any atom is 0.388 e. The van der Waals surface area contributed by atoms with Crippen LogP contribution in [0.25, 0.3) is 17.0 Å². The molecule has 0 spiro atoms. The minimum atomic E-state index is -2.91. The quantitative estimate of drug-likeness (QED) is 0.755. The van der Waals surface area contributed by atoms with E-state index >= 15 is 0 Å². The summed E-state index contributed by atoms with van der Waals surface area (Å²) in [6, 6.07) is 1.30. The Bertz CT molecular complexity index is 678. The molecule has 0 amide bonds. The summed E-state index contributed by atoms with van der Waals surface area (Å²) in [7, 11) is 0. The van der Waals surface area contributed by atoms with Gasteiger partial charge in [-0.15, -0.1) is 0 Å². The first-order chi connectivity index (χ1) is 8.74. The molecule has 0 aromatic carbocycles. The zero-order chi connectivity index (χ0) is 12.5. The molecule has 0 saturated heterocycles. The Hall–Kier alpha value is -2.58. The van der Waals surface area contributed by atoms with Gasteiger partial charge in [0.2, 0.25) is 5.88 Å². The Labute approximate surface area is 98.4 Å². The lowest BCUT2D eigenvalue weighted by Crippen LogP contribution is -2.01. The number of aromatic nitrogens is 6. The Morgan fingerprint density at radius 3 is 2.94 bits per heavy atom. The van der Waals surface area contributed by atoms with Crippen molar-refractivity contribution in [3.63, 3.8) is 0 Å². The molecule has 0 aliphatic rings. The van der Waals surface area contributed by atoms with Crippen LogP contribution >= 0.6 is 0 Å². The summed E-state index contributed by atoms with van der Waals surface area (Å²) < 4.78 is 29.6. The smallest absolute Gasteiger partial charge is 0.388 e. The van der Waals surface area contributed by atoms with Gasteiger partial charge in [0.05, 0.1) is 6.20 Å². The lowest BCUT2D eigenvalue weighted by atomic mass is 10.5. The molecule has 0 aliphatic heterocycles. The van der Waals surface area contributed by atoms with Crippen LogP contribution in [0.2, 0.25) is 0 Å². The largest absolute Gasteiger partial charge is 0.417 e. The first-order valence-corrected chi connectivity index (χ1v) is 4.89. The van der Waals surface area contributed by atoms with E-state index in [9.17, 15) is 8.78 Å². The molecule has 0 bridgehead atoms. The second kappa shape index (κ2) is 4.02. The Morgan fingerprint density at radius 1 is 1.28 bits per heavy atom. The SMILES string of the molecule is FC(F)Oc1cc(-n2ncc3nccnc32)n[nH]1. The number of rotatable bonds is 3. The van der Waals surface area contributed by atoms with Crippen LogP contribution in [-0.4, -0.2) is 36.6 Å². The van der Waals surface area contributed by atoms with Crippen LogP contribution in [0.4, 0.5) is 8.78 Å². The summed E-state index contributed by atoms with van der Waals surface area (Å²) >= 11 is 0. The third-order valence-corrected chi connectivity index (χ3v) is 2.18. The number of aromatic amines is 1. The number of halogens is 2. The first-order valence-electron chi connectivity index (χ1n) is 4.89. The highest BCUT2D eigenvalue weighted by atomic mass is 19.3. The number of hydrogen-bond acceptors (Lipinski definition) is 5. The number of nitrogens with one attached hydrogen (secondary N) is 1. The average molecular weight is 252 g/mol. The molecule has 3 heterocycles. The monoisotopic (exact) mass is 252 g/mol. The van der Waals surface area contributed by atoms with E-state index in [0.29, 0.717) is 17.0 Å². The molecule has 7 nitrogen and oxygen atoms in total. The fourth-order valence-electron chi connectivity index (χ4n) is 1.49. The number of fused-ring (bicyclic) bond motifs is 1. The van der Waals surface area contributed by atoms with Gasteiger partial charge in [-0.2, -0.15) is 23.7 Å². The maximum atomic E-state index is 12.0. The van der Waals surface area contributed by atoms with Gasteiger partial charge < -0.3 is 4.74 Å². The summed E-state index contributed by atoms with van der Waals surface area (Å²) in [5.74, 6) is 0.147. The molecule has 0 fully saturated rings. The van der Waals surface area contributed by atoms with E-state index in [1.165, 1.54) is 29.3 Å². The third-order valence-electron chi connectivity index (χ3n) is 2.18. The molecular weight excluding hydrogens is 246 g/mol. The van der Waals surface area contributed by atoms with Crippen LogP contribution in [0.1, 0.15) is 0 Å². The Balaban J connectivity index is 2.01. The molecule has 0 saturated carbocycles. The molecular formula is C9H6F2N6O. The maximum absolute atomic E-state index is 12.0. The highest BCUT2D eigenvalue weighted by Crippen LogP contribution is 2.17. The minimum absolute atomic E-state index is 0.146. The number of H-pyrrole nitrogens is 1. The zero-order valence-corrected chi connectivity index (χ0v) is 8.79. The van der Waals surface area contributed by atoms with Crippen molar-refractivity contribution >= 4 is 11.2 Å². The van der Waals surface area contributed by atoms with Crippen LogP contribution in [0.5, 0.6) is 5.88 Å². The predicted octanol–water partition coefficient (Wildman–Crippen LogP) is 1.14. The summed E-state index contributed by atoms with van der Waals surface area (Å²) in [5, 5.41) is 10.2. The lowest BCUT2D eigenvalue weighted by molar-refractivity contribution is -0.0528. The fraction of sp³-hybridized carbons (Fsp3) is 0.111. The third kappa shape index (κ3) is 1.75. The summed E-state index contributed by atoms with van der Waals surface area (Å²) in [5.41, 5.74) is 1.06. The van der Waals surface area contributed by atoms with Crippen LogP contribution in [0.3, 0.4) is 0 Å². The standard InChI is InChI=1S/C9H6F2N6O/c10-9(11)18-7-3-6(15-16-7)17-8-5(4-14-17)12-1-2-13-8/h1-4,9H,(H,15,16). The van der Waals surface area contributed by atoms with E-state index in [-0.39, 0.29) is 5.88 Å². The van der Waals surface area contributed by atoms with Gasteiger partial charge in [0.25, 0.3) is 0 Å². The van der Waals surface area contributed by atoms with E-state index < -0.39 is 6.61 Å². The molecule has 3 aromatic rings. The van der Waals surface area contributed by atoms with Crippen molar-refractivity contribution in [3.8, 4) is 11.7 Å². The van der Waals surface area contributed by atoms with E-state index in [2.05, 4.69) is 30.0 Å². The molecule has 0 radical (unpaired) electrons. The van der Waals surface area contributed by atoms with E-state index in [1.807, 2.05) is 0 Å². The summed E-state index contributed by atoms with van der Waals surface area (Å²) in [4.78, 5) is 8.13. The molecule has 0 unspecified atom stereocenters. The highest BCUT2D eigenvalue weighted by molar-refractivity contribution is 5.70. The van der Waals surface area contributed by atoms with Crippen LogP contribution in [0, 0.1) is 0 Å². The van der Waals surface area contributed by atoms with Crippen molar-refractivity contribution in [1.82, 2.24) is 29.9 Å². The first kappa shape index (κ1) is 10.6. The number of ether oxygens (including phenoxy) is 1. The molecule has 3 rings (SSSR count). The molecule has 0 aliphatic carbocycles. The van der Waals surface area contributed by atoms with Crippen LogP contribution in [-0.2, 0) is 0 Å². The molecule has 18 heavy (non-hydrogen) atoms. The predicted molar refractivity (Wildman–Crippen MR) is 55.4 cm³/mol. The zero-order valence-electron chi connectivity index (χ0n) is 8.79. The van der Waals surface area contributed by atoms with Crippen molar-refractivity contribution in [1.29, 1.82) is 0 Å². The van der Waals surface area contributed by atoms with Crippen LogP contribution < -0.4 is 4.74 Å². The second-order valence-electron chi connectivity index (χ2n) is 3.29. The van der Waals surface area contributed by atoms with Crippen molar-refractivity contribution < 1.29 is 13.5 Å². The Morgan fingerprint density at radius 2 is 2.11 bits per heavy atom. The van der Waals surface area contributed by atoms with E-state index in [0.717, 1.165) is 0 Å². The normalized spacial score (nSPS) is 11.3. The van der Waals surface area contributed by atoms with Gasteiger partial charge >= 0.3 is 6.61 Å². The van der Waals surface area contributed by atoms with Crippen molar-refractivity contribution in [3.05, 3.63) is 24.7 Å². The van der Waals surface area contributed by atoms with Gasteiger partial charge in [0.15, 0.2) is 11.5 Å². The van der Waals surface area contributed by atoms with Gasteiger partial charge in [-0.3, -0.25) is 0 Å².